The topological polar surface area (TPSA) is 40.5 Å². The summed E-state index contributed by atoms with van der Waals surface area (Å²) in [5.41, 5.74) is 2.04. The van der Waals surface area contributed by atoms with Crippen molar-refractivity contribution in [2.24, 2.45) is 0 Å². The molecule has 0 bridgehead atoms. The zero-order chi connectivity index (χ0) is 10.8. The van der Waals surface area contributed by atoms with Gasteiger partial charge in [0.1, 0.15) is 0 Å². The third-order valence-electron chi connectivity index (χ3n) is 3.02. The molecule has 1 N–H and O–H groups in total. The lowest BCUT2D eigenvalue weighted by atomic mass is 9.90. The Kier molecular flexibility index (Phi) is 2.62. The molecular formula is C12H15NO2. The van der Waals surface area contributed by atoms with Crippen LogP contribution in [0.1, 0.15) is 24.8 Å². The standard InChI is InChI=1S/C12H15NO2/c1-2-13-8-7-10(12(14)15)9-5-3-4-6-11(9)13/h3-6,10H,2,7-8H2,1H3,(H,14,15)/t10-/m0/s1. The van der Waals surface area contributed by atoms with Crippen LogP contribution in [0.25, 0.3) is 0 Å². The van der Waals surface area contributed by atoms with Crippen LogP contribution < -0.4 is 4.90 Å². The van der Waals surface area contributed by atoms with E-state index in [1.54, 1.807) is 0 Å². The predicted octanol–water partition coefficient (Wildman–Crippen LogP) is 2.08. The summed E-state index contributed by atoms with van der Waals surface area (Å²) in [6.45, 7) is 3.87. The Morgan fingerprint density at radius 1 is 1.53 bits per heavy atom. The van der Waals surface area contributed by atoms with Gasteiger partial charge in [0, 0.05) is 18.8 Å². The maximum Gasteiger partial charge on any atom is 0.311 e. The van der Waals surface area contributed by atoms with Gasteiger partial charge in [0.25, 0.3) is 0 Å². The second-order valence-corrected chi connectivity index (χ2v) is 3.82. The van der Waals surface area contributed by atoms with Crippen molar-refractivity contribution in [3.63, 3.8) is 0 Å². The second-order valence-electron chi connectivity index (χ2n) is 3.82. The molecule has 1 aliphatic heterocycles. The number of hydrogen-bond acceptors (Lipinski definition) is 2. The van der Waals surface area contributed by atoms with E-state index in [4.69, 9.17) is 5.11 Å². The molecule has 0 aromatic heterocycles. The highest BCUT2D eigenvalue weighted by Gasteiger charge is 2.28. The Hall–Kier alpha value is -1.51. The highest BCUT2D eigenvalue weighted by molar-refractivity contribution is 5.80. The van der Waals surface area contributed by atoms with Gasteiger partial charge in [-0.15, -0.1) is 0 Å². The number of anilines is 1. The fourth-order valence-corrected chi connectivity index (χ4v) is 2.22. The molecule has 0 unspecified atom stereocenters. The Morgan fingerprint density at radius 3 is 2.93 bits per heavy atom. The zero-order valence-electron chi connectivity index (χ0n) is 8.81. The number of benzene rings is 1. The molecule has 0 radical (unpaired) electrons. The van der Waals surface area contributed by atoms with E-state index in [0.29, 0.717) is 6.42 Å². The van der Waals surface area contributed by atoms with Gasteiger partial charge in [-0.2, -0.15) is 0 Å². The number of carboxylic acid groups (broad SMARTS) is 1. The number of nitrogens with zero attached hydrogens (tertiary/aromatic N) is 1. The summed E-state index contributed by atoms with van der Waals surface area (Å²) in [4.78, 5) is 13.3. The number of hydrogen-bond donors (Lipinski definition) is 1. The number of rotatable bonds is 2. The zero-order valence-corrected chi connectivity index (χ0v) is 8.81. The second kappa shape index (κ2) is 3.93. The first-order chi connectivity index (χ1) is 7.24. The molecule has 1 aromatic carbocycles. The molecule has 1 aliphatic rings. The van der Waals surface area contributed by atoms with Crippen LogP contribution in [0.4, 0.5) is 5.69 Å². The van der Waals surface area contributed by atoms with Crippen molar-refractivity contribution in [1.29, 1.82) is 0 Å². The molecule has 0 amide bonds. The van der Waals surface area contributed by atoms with E-state index in [1.807, 2.05) is 24.3 Å². The van der Waals surface area contributed by atoms with Crippen LogP contribution in [0, 0.1) is 0 Å². The average Bonchev–Trinajstić information content (AvgIpc) is 2.27. The third kappa shape index (κ3) is 1.69. The largest absolute Gasteiger partial charge is 0.481 e. The molecular weight excluding hydrogens is 190 g/mol. The van der Waals surface area contributed by atoms with Gasteiger partial charge >= 0.3 is 5.97 Å². The first-order valence-corrected chi connectivity index (χ1v) is 5.30. The van der Waals surface area contributed by atoms with Gasteiger partial charge in [0.2, 0.25) is 0 Å². The first kappa shape index (κ1) is 10.0. The molecule has 1 atom stereocenters. The Balaban J connectivity index is 2.43. The van der Waals surface area contributed by atoms with Crippen LogP contribution in [0.3, 0.4) is 0 Å². The van der Waals surface area contributed by atoms with Gasteiger partial charge in [0.05, 0.1) is 5.92 Å². The Labute approximate surface area is 89.3 Å². The predicted molar refractivity (Wildman–Crippen MR) is 59.3 cm³/mol. The van der Waals surface area contributed by atoms with E-state index in [-0.39, 0.29) is 5.92 Å². The molecule has 3 heteroatoms. The fraction of sp³-hybridized carbons (Fsp3) is 0.417. The van der Waals surface area contributed by atoms with Crippen LogP contribution in [0.15, 0.2) is 24.3 Å². The Morgan fingerprint density at radius 2 is 2.27 bits per heavy atom. The number of fused-ring (bicyclic) bond motifs is 1. The minimum Gasteiger partial charge on any atom is -0.481 e. The molecule has 1 heterocycles. The van der Waals surface area contributed by atoms with Crippen molar-refractivity contribution < 1.29 is 9.90 Å². The molecule has 15 heavy (non-hydrogen) atoms. The lowest BCUT2D eigenvalue weighted by Gasteiger charge is -2.33. The van der Waals surface area contributed by atoms with Crippen LogP contribution >= 0.6 is 0 Å². The SMILES string of the molecule is CCN1CC[C@H](C(=O)O)c2ccccc21. The fourth-order valence-electron chi connectivity index (χ4n) is 2.22. The molecule has 0 saturated heterocycles. The van der Waals surface area contributed by atoms with E-state index < -0.39 is 5.97 Å². The van der Waals surface area contributed by atoms with Crippen molar-refractivity contribution in [2.45, 2.75) is 19.3 Å². The van der Waals surface area contributed by atoms with E-state index in [2.05, 4.69) is 11.8 Å². The number of para-hydroxylation sites is 1. The van der Waals surface area contributed by atoms with Gasteiger partial charge in [-0.1, -0.05) is 18.2 Å². The van der Waals surface area contributed by atoms with Gasteiger partial charge in [0.15, 0.2) is 0 Å². The molecule has 3 nitrogen and oxygen atoms in total. The van der Waals surface area contributed by atoms with E-state index in [0.717, 1.165) is 24.3 Å². The van der Waals surface area contributed by atoms with Crippen LogP contribution in [0.2, 0.25) is 0 Å². The monoisotopic (exact) mass is 205 g/mol. The minimum atomic E-state index is -0.710. The van der Waals surface area contributed by atoms with Gasteiger partial charge in [-0.05, 0) is 25.0 Å². The first-order valence-electron chi connectivity index (χ1n) is 5.30. The van der Waals surface area contributed by atoms with Crippen LogP contribution in [0.5, 0.6) is 0 Å². The van der Waals surface area contributed by atoms with Crippen LogP contribution in [-0.2, 0) is 4.79 Å². The summed E-state index contributed by atoms with van der Waals surface area (Å²) in [5.74, 6) is -1.04. The number of aliphatic carboxylic acids is 1. The van der Waals surface area contributed by atoms with Gasteiger partial charge in [-0.25, -0.2) is 0 Å². The number of carboxylic acids is 1. The van der Waals surface area contributed by atoms with E-state index in [1.165, 1.54) is 0 Å². The molecule has 0 fully saturated rings. The highest BCUT2D eigenvalue weighted by atomic mass is 16.4. The van der Waals surface area contributed by atoms with Gasteiger partial charge < -0.3 is 10.0 Å². The van der Waals surface area contributed by atoms with E-state index in [9.17, 15) is 4.79 Å². The van der Waals surface area contributed by atoms with Gasteiger partial charge in [-0.3, -0.25) is 4.79 Å². The average molecular weight is 205 g/mol. The molecule has 1 aromatic rings. The lowest BCUT2D eigenvalue weighted by molar-refractivity contribution is -0.139. The van der Waals surface area contributed by atoms with Crippen molar-refractivity contribution in [3.8, 4) is 0 Å². The normalized spacial score (nSPS) is 19.8. The minimum absolute atomic E-state index is 0.330. The maximum absolute atomic E-state index is 11.1. The summed E-state index contributed by atoms with van der Waals surface area (Å²) in [7, 11) is 0. The van der Waals surface area contributed by atoms with Crippen molar-refractivity contribution in [2.75, 3.05) is 18.0 Å². The van der Waals surface area contributed by atoms with Crippen molar-refractivity contribution >= 4 is 11.7 Å². The maximum atomic E-state index is 11.1. The third-order valence-corrected chi connectivity index (χ3v) is 3.02. The summed E-state index contributed by atoms with van der Waals surface area (Å²) in [6, 6.07) is 7.81. The van der Waals surface area contributed by atoms with Crippen molar-refractivity contribution in [3.05, 3.63) is 29.8 Å². The summed E-state index contributed by atoms with van der Waals surface area (Å²) in [6.07, 6.45) is 0.709. The smallest absolute Gasteiger partial charge is 0.311 e. The lowest BCUT2D eigenvalue weighted by Crippen LogP contribution is -2.33. The molecule has 0 aliphatic carbocycles. The molecule has 0 saturated carbocycles. The molecule has 0 spiro atoms. The highest BCUT2D eigenvalue weighted by Crippen LogP contribution is 2.34. The number of carbonyl (C=O) groups is 1. The molecule has 80 valence electrons. The van der Waals surface area contributed by atoms with Crippen molar-refractivity contribution in [1.82, 2.24) is 0 Å². The molecule has 2 rings (SSSR count). The quantitative estimate of drug-likeness (QED) is 0.803. The summed E-state index contributed by atoms with van der Waals surface area (Å²) >= 11 is 0. The van der Waals surface area contributed by atoms with E-state index >= 15 is 0 Å². The Bertz CT molecular complexity index is 376. The van der Waals surface area contributed by atoms with Crippen LogP contribution in [-0.4, -0.2) is 24.2 Å². The summed E-state index contributed by atoms with van der Waals surface area (Å²) < 4.78 is 0. The summed E-state index contributed by atoms with van der Waals surface area (Å²) in [5, 5.41) is 9.13.